The van der Waals surface area contributed by atoms with Crippen LogP contribution < -0.4 is 0 Å². The number of hydrogen-bond acceptors (Lipinski definition) is 4. The number of rotatable bonds is 6. The summed E-state index contributed by atoms with van der Waals surface area (Å²) in [6.45, 7) is 1.17. The van der Waals surface area contributed by atoms with Crippen LogP contribution in [-0.4, -0.2) is 33.7 Å². The quantitative estimate of drug-likeness (QED) is 0.753. The molecule has 0 spiro atoms. The molecule has 1 heterocycles. The first-order valence-corrected chi connectivity index (χ1v) is 8.35. The van der Waals surface area contributed by atoms with E-state index in [0.29, 0.717) is 17.9 Å². The second-order valence-corrected chi connectivity index (χ2v) is 6.76. The molecule has 19 heavy (non-hydrogen) atoms. The summed E-state index contributed by atoms with van der Waals surface area (Å²) in [7, 11) is -3.18. The van der Waals surface area contributed by atoms with Gasteiger partial charge in [0.05, 0.1) is 17.3 Å². The first-order chi connectivity index (χ1) is 9.18. The van der Waals surface area contributed by atoms with Gasteiger partial charge in [-0.1, -0.05) is 18.2 Å². The molecule has 0 radical (unpaired) electrons. The third-order valence-corrected chi connectivity index (χ3v) is 4.92. The molecule has 2 rings (SSSR count). The highest BCUT2D eigenvalue weighted by molar-refractivity contribution is 7.91. The zero-order chi connectivity index (χ0) is 13.6. The van der Waals surface area contributed by atoms with Crippen LogP contribution in [0.4, 0.5) is 0 Å². The normalized spacial score (nSPS) is 20.3. The van der Waals surface area contributed by atoms with Crippen molar-refractivity contribution in [1.82, 2.24) is 0 Å². The van der Waals surface area contributed by atoms with Crippen LogP contribution in [0.5, 0.6) is 0 Å². The topological polar surface area (TPSA) is 52.6 Å². The standard InChI is InChI=1S/C14H20O4S/c15-19(16,13-7-2-1-3-8-13)12-6-11-18-14-9-4-5-10-17-14/h1-3,7-8,14H,4-6,9-12H2. The number of hydrogen-bond donors (Lipinski definition) is 0. The molecule has 1 aromatic rings. The molecule has 1 aliphatic heterocycles. The molecule has 1 unspecified atom stereocenters. The van der Waals surface area contributed by atoms with Crippen molar-refractivity contribution >= 4 is 9.84 Å². The number of benzene rings is 1. The van der Waals surface area contributed by atoms with Gasteiger partial charge < -0.3 is 9.47 Å². The van der Waals surface area contributed by atoms with Crippen LogP contribution in [0.1, 0.15) is 25.7 Å². The van der Waals surface area contributed by atoms with E-state index in [9.17, 15) is 8.42 Å². The molecule has 106 valence electrons. The van der Waals surface area contributed by atoms with E-state index < -0.39 is 9.84 Å². The van der Waals surface area contributed by atoms with Crippen LogP contribution in [-0.2, 0) is 19.3 Å². The third kappa shape index (κ3) is 4.60. The van der Waals surface area contributed by atoms with Crippen LogP contribution in [0, 0.1) is 0 Å². The summed E-state index contributed by atoms with van der Waals surface area (Å²) in [5.74, 6) is 0.115. The van der Waals surface area contributed by atoms with Gasteiger partial charge in [-0.25, -0.2) is 8.42 Å². The van der Waals surface area contributed by atoms with Gasteiger partial charge in [0, 0.05) is 6.61 Å². The SMILES string of the molecule is O=S(=O)(CCCOC1CCCCO1)c1ccccc1. The Morgan fingerprint density at radius 3 is 2.68 bits per heavy atom. The summed E-state index contributed by atoms with van der Waals surface area (Å²) < 4.78 is 34.9. The Labute approximate surface area is 114 Å². The Kier molecular flexibility index (Phi) is 5.36. The molecule has 0 N–H and O–H groups in total. The molecule has 5 heteroatoms. The fourth-order valence-corrected chi connectivity index (χ4v) is 3.36. The van der Waals surface area contributed by atoms with E-state index in [1.807, 2.05) is 6.07 Å². The van der Waals surface area contributed by atoms with E-state index in [-0.39, 0.29) is 12.0 Å². The summed E-state index contributed by atoms with van der Waals surface area (Å²) in [6.07, 6.45) is 3.46. The van der Waals surface area contributed by atoms with Crippen LogP contribution in [0.3, 0.4) is 0 Å². The molecule has 1 atom stereocenters. The second-order valence-electron chi connectivity index (χ2n) is 4.65. The van der Waals surface area contributed by atoms with Gasteiger partial charge in [-0.3, -0.25) is 0 Å². The maximum absolute atomic E-state index is 12.0. The lowest BCUT2D eigenvalue weighted by atomic mass is 10.2. The monoisotopic (exact) mass is 284 g/mol. The Hall–Kier alpha value is -0.910. The fourth-order valence-electron chi connectivity index (χ4n) is 2.05. The van der Waals surface area contributed by atoms with Crippen molar-refractivity contribution < 1.29 is 17.9 Å². The van der Waals surface area contributed by atoms with E-state index in [1.54, 1.807) is 24.3 Å². The number of sulfone groups is 1. The first-order valence-electron chi connectivity index (χ1n) is 6.69. The van der Waals surface area contributed by atoms with E-state index in [1.165, 1.54) is 0 Å². The molecule has 4 nitrogen and oxygen atoms in total. The number of ether oxygens (including phenoxy) is 2. The summed E-state index contributed by atoms with van der Waals surface area (Å²) in [6, 6.07) is 8.53. The Balaban J connectivity index is 1.73. The summed E-state index contributed by atoms with van der Waals surface area (Å²) in [5.41, 5.74) is 0. The fraction of sp³-hybridized carbons (Fsp3) is 0.571. The summed E-state index contributed by atoms with van der Waals surface area (Å²) >= 11 is 0. The maximum Gasteiger partial charge on any atom is 0.178 e. The third-order valence-electron chi connectivity index (χ3n) is 3.10. The van der Waals surface area contributed by atoms with Gasteiger partial charge in [-0.05, 0) is 37.8 Å². The Morgan fingerprint density at radius 2 is 2.00 bits per heavy atom. The van der Waals surface area contributed by atoms with E-state index in [4.69, 9.17) is 9.47 Å². The van der Waals surface area contributed by atoms with Gasteiger partial charge >= 0.3 is 0 Å². The van der Waals surface area contributed by atoms with Gasteiger partial charge in [0.1, 0.15) is 0 Å². The highest BCUT2D eigenvalue weighted by Crippen LogP contribution is 2.15. The van der Waals surface area contributed by atoms with Crippen LogP contribution in [0.2, 0.25) is 0 Å². The predicted molar refractivity (Wildman–Crippen MR) is 72.7 cm³/mol. The average Bonchev–Trinajstić information content (AvgIpc) is 2.46. The van der Waals surface area contributed by atoms with Crippen molar-refractivity contribution in [3.8, 4) is 0 Å². The Bertz CT molecular complexity index is 463. The molecule has 1 aliphatic rings. The summed E-state index contributed by atoms with van der Waals surface area (Å²) in [5, 5.41) is 0. The lowest BCUT2D eigenvalue weighted by Crippen LogP contribution is -2.23. The minimum atomic E-state index is -3.18. The molecule has 0 aromatic heterocycles. The van der Waals surface area contributed by atoms with Gasteiger partial charge in [0.25, 0.3) is 0 Å². The zero-order valence-corrected chi connectivity index (χ0v) is 11.8. The average molecular weight is 284 g/mol. The van der Waals surface area contributed by atoms with Crippen LogP contribution >= 0.6 is 0 Å². The van der Waals surface area contributed by atoms with Gasteiger partial charge in [-0.2, -0.15) is 0 Å². The largest absolute Gasteiger partial charge is 0.353 e. The molecule has 0 amide bonds. The van der Waals surface area contributed by atoms with Crippen LogP contribution in [0.15, 0.2) is 35.2 Å². The van der Waals surface area contributed by atoms with Crippen molar-refractivity contribution in [1.29, 1.82) is 0 Å². The first kappa shape index (κ1) is 14.5. The highest BCUT2D eigenvalue weighted by atomic mass is 32.2. The molecule has 0 bridgehead atoms. The Morgan fingerprint density at radius 1 is 1.21 bits per heavy atom. The molecular formula is C14H20O4S. The molecule has 0 saturated carbocycles. The molecule has 1 fully saturated rings. The van der Waals surface area contributed by atoms with Crippen LogP contribution in [0.25, 0.3) is 0 Å². The van der Waals surface area contributed by atoms with Crippen molar-refractivity contribution in [3.05, 3.63) is 30.3 Å². The molecular weight excluding hydrogens is 264 g/mol. The zero-order valence-electron chi connectivity index (χ0n) is 11.0. The van der Waals surface area contributed by atoms with Gasteiger partial charge in [-0.15, -0.1) is 0 Å². The predicted octanol–water partition coefficient (Wildman–Crippen LogP) is 2.39. The summed E-state index contributed by atoms with van der Waals surface area (Å²) in [4.78, 5) is 0.379. The van der Waals surface area contributed by atoms with Crippen molar-refractivity contribution in [2.24, 2.45) is 0 Å². The van der Waals surface area contributed by atoms with E-state index in [0.717, 1.165) is 25.9 Å². The van der Waals surface area contributed by atoms with Crippen molar-refractivity contribution in [2.45, 2.75) is 36.9 Å². The lowest BCUT2D eigenvalue weighted by molar-refractivity contribution is -0.162. The lowest BCUT2D eigenvalue weighted by Gasteiger charge is -2.22. The molecule has 0 aliphatic carbocycles. The van der Waals surface area contributed by atoms with E-state index >= 15 is 0 Å². The van der Waals surface area contributed by atoms with Crippen molar-refractivity contribution in [2.75, 3.05) is 19.0 Å². The highest BCUT2D eigenvalue weighted by Gasteiger charge is 2.16. The smallest absolute Gasteiger partial charge is 0.178 e. The maximum atomic E-state index is 12.0. The molecule has 1 aromatic carbocycles. The van der Waals surface area contributed by atoms with Gasteiger partial charge in [0.15, 0.2) is 16.1 Å². The van der Waals surface area contributed by atoms with Gasteiger partial charge in [0.2, 0.25) is 0 Å². The van der Waals surface area contributed by atoms with E-state index in [2.05, 4.69) is 0 Å². The minimum absolute atomic E-state index is 0.115. The second kappa shape index (κ2) is 7.03. The molecule has 1 saturated heterocycles. The minimum Gasteiger partial charge on any atom is -0.353 e. The van der Waals surface area contributed by atoms with Crippen molar-refractivity contribution in [3.63, 3.8) is 0 Å².